The third kappa shape index (κ3) is 5.48. The summed E-state index contributed by atoms with van der Waals surface area (Å²) in [6, 6.07) is 12.2. The van der Waals surface area contributed by atoms with Gasteiger partial charge in [0.25, 0.3) is 0 Å². The summed E-state index contributed by atoms with van der Waals surface area (Å²) in [5, 5.41) is 1.81. The molecule has 0 N–H and O–H groups in total. The van der Waals surface area contributed by atoms with Crippen LogP contribution in [0, 0.1) is 13.8 Å². The van der Waals surface area contributed by atoms with Crippen molar-refractivity contribution >= 4 is 58.5 Å². The van der Waals surface area contributed by atoms with Crippen molar-refractivity contribution in [3.63, 3.8) is 0 Å². The lowest BCUT2D eigenvalue weighted by atomic mass is 9.93. The number of ketones is 6. The molecule has 0 atom stereocenters. The maximum Gasteiger partial charge on any atom is 0.161 e. The van der Waals surface area contributed by atoms with Crippen molar-refractivity contribution in [1.29, 1.82) is 0 Å². The molecule has 6 nitrogen and oxygen atoms in total. The van der Waals surface area contributed by atoms with Crippen LogP contribution in [-0.4, -0.2) is 34.7 Å². The van der Waals surface area contributed by atoms with Crippen molar-refractivity contribution in [3.05, 3.63) is 87.0 Å². The second-order valence-electron chi connectivity index (χ2n) is 9.66. The van der Waals surface area contributed by atoms with E-state index in [0.717, 1.165) is 16.4 Å². The highest BCUT2D eigenvalue weighted by atomic mass is 31.1. The summed E-state index contributed by atoms with van der Waals surface area (Å²) in [5.41, 5.74) is 2.53. The van der Waals surface area contributed by atoms with Gasteiger partial charge in [0.15, 0.2) is 34.7 Å². The van der Waals surface area contributed by atoms with Gasteiger partial charge in [-0.05, 0) is 102 Å². The molecule has 0 saturated carbocycles. The van der Waals surface area contributed by atoms with Crippen LogP contribution >= 0.6 is 7.92 Å². The van der Waals surface area contributed by atoms with Crippen LogP contribution in [0.2, 0.25) is 0 Å². The van der Waals surface area contributed by atoms with Crippen molar-refractivity contribution in [2.45, 2.75) is 55.4 Å². The van der Waals surface area contributed by atoms with E-state index in [1.54, 1.807) is 24.3 Å². The van der Waals surface area contributed by atoms with E-state index in [9.17, 15) is 28.8 Å². The van der Waals surface area contributed by atoms with Gasteiger partial charge in [-0.25, -0.2) is 0 Å². The molecule has 7 heteroatoms. The Morgan fingerprint density at radius 1 is 0.462 bits per heavy atom. The smallest absolute Gasteiger partial charge is 0.161 e. The number of aryl methyl sites for hydroxylation is 1. The van der Waals surface area contributed by atoms with E-state index in [2.05, 4.69) is 0 Å². The first-order valence-corrected chi connectivity index (χ1v) is 13.8. The van der Waals surface area contributed by atoms with E-state index < -0.39 is 31.1 Å². The Morgan fingerprint density at radius 2 is 0.846 bits per heavy atom. The molecule has 0 heterocycles. The number of rotatable bonds is 9. The van der Waals surface area contributed by atoms with E-state index in [4.69, 9.17) is 0 Å². The summed E-state index contributed by atoms with van der Waals surface area (Å²) in [7, 11) is -1.70. The fourth-order valence-electron chi connectivity index (χ4n) is 4.95. The summed E-state index contributed by atoms with van der Waals surface area (Å²) < 4.78 is 0. The molecule has 0 unspecified atom stereocenters. The second kappa shape index (κ2) is 11.5. The van der Waals surface area contributed by atoms with E-state index >= 15 is 0 Å². The average molecular weight is 543 g/mol. The Morgan fingerprint density at radius 3 is 1.18 bits per heavy atom. The van der Waals surface area contributed by atoms with Gasteiger partial charge >= 0.3 is 0 Å². The van der Waals surface area contributed by atoms with Crippen LogP contribution in [-0.2, 0) is 0 Å². The van der Waals surface area contributed by atoms with Gasteiger partial charge < -0.3 is 0 Å². The molecule has 39 heavy (non-hydrogen) atoms. The van der Waals surface area contributed by atoms with Gasteiger partial charge in [-0.1, -0.05) is 30.3 Å². The number of hydrogen-bond acceptors (Lipinski definition) is 6. The Kier molecular flexibility index (Phi) is 8.72. The highest BCUT2D eigenvalue weighted by Crippen LogP contribution is 2.40. The first-order valence-electron chi connectivity index (χ1n) is 12.5. The Balaban J connectivity index is 2.66. The zero-order valence-corrected chi connectivity index (χ0v) is 24.3. The van der Waals surface area contributed by atoms with E-state index in [0.29, 0.717) is 10.6 Å². The molecule has 200 valence electrons. The fraction of sp³-hybridized carbons (Fsp3) is 0.250. The first kappa shape index (κ1) is 29.7. The summed E-state index contributed by atoms with van der Waals surface area (Å²) in [6.07, 6.45) is 0. The Labute approximate surface area is 229 Å². The first-order chi connectivity index (χ1) is 18.2. The zero-order valence-electron chi connectivity index (χ0n) is 23.4. The molecule has 3 rings (SSSR count). The molecule has 0 radical (unpaired) electrons. The molecular weight excluding hydrogens is 511 g/mol. The van der Waals surface area contributed by atoms with E-state index in [-0.39, 0.29) is 44.9 Å². The average Bonchev–Trinajstić information content (AvgIpc) is 2.85. The molecular formula is C32H31O6P. The van der Waals surface area contributed by atoms with Crippen LogP contribution in [0.25, 0.3) is 0 Å². The van der Waals surface area contributed by atoms with Crippen molar-refractivity contribution in [2.24, 2.45) is 0 Å². The van der Waals surface area contributed by atoms with Crippen LogP contribution in [0.5, 0.6) is 0 Å². The minimum atomic E-state index is -1.70. The topological polar surface area (TPSA) is 102 Å². The van der Waals surface area contributed by atoms with Gasteiger partial charge in [0, 0.05) is 33.4 Å². The monoisotopic (exact) mass is 542 g/mol. The quantitative estimate of drug-likeness (QED) is 0.269. The van der Waals surface area contributed by atoms with Crippen LogP contribution in [0.3, 0.4) is 0 Å². The molecule has 3 aromatic carbocycles. The summed E-state index contributed by atoms with van der Waals surface area (Å²) >= 11 is 0. The third-order valence-electron chi connectivity index (χ3n) is 6.83. The van der Waals surface area contributed by atoms with Crippen molar-refractivity contribution in [3.8, 4) is 0 Å². The maximum absolute atomic E-state index is 13.2. The number of carbonyl (C=O) groups excluding carboxylic acids is 6. The molecule has 0 aliphatic heterocycles. The van der Waals surface area contributed by atoms with Gasteiger partial charge in [-0.3, -0.25) is 28.8 Å². The van der Waals surface area contributed by atoms with Crippen molar-refractivity contribution < 1.29 is 28.8 Å². The SMILES string of the molecule is CC(=O)c1ccc(P(c2cccc(C)c2C)c2ccc(C(C)=O)c(C(C)=O)c2C(C)=O)c(C(C)=O)c1C(C)=O. The molecule has 0 aliphatic carbocycles. The zero-order chi connectivity index (χ0) is 29.3. The van der Waals surface area contributed by atoms with Crippen LogP contribution in [0.1, 0.15) is 115 Å². The van der Waals surface area contributed by atoms with Crippen LogP contribution in [0.15, 0.2) is 42.5 Å². The van der Waals surface area contributed by atoms with Gasteiger partial charge in [-0.15, -0.1) is 0 Å². The normalized spacial score (nSPS) is 10.9. The number of hydrogen-bond donors (Lipinski definition) is 0. The maximum atomic E-state index is 13.2. The minimum Gasteiger partial charge on any atom is -0.294 e. The largest absolute Gasteiger partial charge is 0.294 e. The molecule has 0 spiro atoms. The highest BCUT2D eigenvalue weighted by molar-refractivity contribution is 7.80. The molecule has 0 fully saturated rings. The lowest BCUT2D eigenvalue weighted by Gasteiger charge is -2.28. The van der Waals surface area contributed by atoms with Crippen molar-refractivity contribution in [2.75, 3.05) is 0 Å². The third-order valence-corrected chi connectivity index (χ3v) is 9.51. The lowest BCUT2D eigenvalue weighted by Crippen LogP contribution is -2.32. The summed E-state index contributed by atoms with van der Waals surface area (Å²) in [6.45, 7) is 11.9. The van der Waals surface area contributed by atoms with Gasteiger partial charge in [0.2, 0.25) is 0 Å². The van der Waals surface area contributed by atoms with E-state index in [1.165, 1.54) is 41.5 Å². The van der Waals surface area contributed by atoms with E-state index in [1.807, 2.05) is 32.0 Å². The standard InChI is InChI=1S/C32H31O6P/c1-16-10-9-11-26(17(16)2)39(27-14-12-24(18(3)33)29(20(5)35)31(27)22(7)37)28-15-13-25(19(4)34)30(21(6)36)32(28)23(8)38/h9-15H,1-8H3. The predicted octanol–water partition coefficient (Wildman–Crippen LogP) is 5.28. The molecule has 0 aliphatic rings. The van der Waals surface area contributed by atoms with Gasteiger partial charge in [-0.2, -0.15) is 0 Å². The lowest BCUT2D eigenvalue weighted by molar-refractivity contribution is 0.0968. The second-order valence-corrected chi connectivity index (χ2v) is 11.8. The van der Waals surface area contributed by atoms with Gasteiger partial charge in [0.05, 0.1) is 0 Å². The number of benzene rings is 3. The molecule has 3 aromatic rings. The predicted molar refractivity (Wildman–Crippen MR) is 155 cm³/mol. The van der Waals surface area contributed by atoms with Crippen LogP contribution < -0.4 is 15.9 Å². The summed E-state index contributed by atoms with van der Waals surface area (Å²) in [5.74, 6) is -2.34. The highest BCUT2D eigenvalue weighted by Gasteiger charge is 2.33. The van der Waals surface area contributed by atoms with Crippen molar-refractivity contribution in [1.82, 2.24) is 0 Å². The van der Waals surface area contributed by atoms with Crippen LogP contribution in [0.4, 0.5) is 0 Å². The van der Waals surface area contributed by atoms with Gasteiger partial charge in [0.1, 0.15) is 0 Å². The summed E-state index contributed by atoms with van der Waals surface area (Å²) in [4.78, 5) is 77.1. The molecule has 0 amide bonds. The molecule has 0 bridgehead atoms. The Bertz CT molecular complexity index is 1500. The Hall–Kier alpha value is -3.89. The molecule has 0 aromatic heterocycles. The molecule has 0 saturated heterocycles. The fourth-order valence-corrected chi connectivity index (χ4v) is 7.91. The minimum absolute atomic E-state index is 0.0434. The number of carbonyl (C=O) groups is 6. The number of Topliss-reactive ketones (excluding diaryl/α,β-unsaturated/α-hetero) is 6.